The maximum Gasteiger partial charge on any atom is 0.416 e. The molecule has 5 nitrogen and oxygen atoms in total. The molecule has 28 heavy (non-hydrogen) atoms. The maximum atomic E-state index is 12.5. The Morgan fingerprint density at radius 1 is 1.21 bits per heavy atom. The molecule has 2 aromatic rings. The van der Waals surface area contributed by atoms with Crippen molar-refractivity contribution in [2.45, 2.75) is 31.4 Å². The summed E-state index contributed by atoms with van der Waals surface area (Å²) >= 11 is 5.18. The van der Waals surface area contributed by atoms with Crippen LogP contribution in [-0.2, 0) is 12.6 Å². The first-order valence-corrected chi connectivity index (χ1v) is 8.83. The van der Waals surface area contributed by atoms with Gasteiger partial charge in [-0.05, 0) is 68.3 Å². The second-order valence-electron chi connectivity index (χ2n) is 5.73. The van der Waals surface area contributed by atoms with Crippen LogP contribution in [0.4, 0.5) is 18.0 Å². The van der Waals surface area contributed by atoms with E-state index < -0.39 is 23.3 Å². The molecule has 0 aliphatic rings. The Bertz CT molecular complexity index is 738. The normalized spacial score (nSPS) is 11.8. The van der Waals surface area contributed by atoms with E-state index in [9.17, 15) is 18.0 Å². The summed E-state index contributed by atoms with van der Waals surface area (Å²) in [4.78, 5) is 9.61. The molecule has 0 saturated carbocycles. The van der Waals surface area contributed by atoms with Gasteiger partial charge in [0, 0.05) is 0 Å². The number of carboxylic acid groups (broad SMARTS) is 1. The maximum absolute atomic E-state index is 12.5. The number of ether oxygens (including phenoxy) is 1. The smallest absolute Gasteiger partial charge is 0.416 e. The molecule has 2 rings (SSSR count). The number of halogens is 4. The molecule has 0 aromatic heterocycles. The van der Waals surface area contributed by atoms with Gasteiger partial charge in [0.15, 0.2) is 0 Å². The second kappa shape index (κ2) is 11.4. The highest BCUT2D eigenvalue weighted by Crippen LogP contribution is 2.31. The lowest BCUT2D eigenvalue weighted by molar-refractivity contribution is -0.137. The third-order valence-electron chi connectivity index (χ3n) is 3.31. The summed E-state index contributed by atoms with van der Waals surface area (Å²) < 4.78 is 43.0. The molecule has 0 radical (unpaired) electrons. The number of aryl methyl sites for hydroxylation is 1. The van der Waals surface area contributed by atoms with Crippen LogP contribution in [0.15, 0.2) is 48.5 Å². The van der Waals surface area contributed by atoms with E-state index >= 15 is 0 Å². The Hall–Kier alpha value is -2.45. The Balaban J connectivity index is 0.000000480. The van der Waals surface area contributed by atoms with Crippen LogP contribution in [0.3, 0.4) is 0 Å². The monoisotopic (exact) mass is 418 g/mol. The zero-order chi connectivity index (χ0) is 21.2. The molecule has 0 spiro atoms. The summed E-state index contributed by atoms with van der Waals surface area (Å²) in [7, 11) is 0. The van der Waals surface area contributed by atoms with E-state index in [4.69, 9.17) is 27.2 Å². The van der Waals surface area contributed by atoms with Gasteiger partial charge in [0.1, 0.15) is 17.0 Å². The van der Waals surface area contributed by atoms with E-state index in [0.29, 0.717) is 18.0 Å². The van der Waals surface area contributed by atoms with Gasteiger partial charge in [0.25, 0.3) is 0 Å². The van der Waals surface area contributed by atoms with Crippen LogP contribution >= 0.6 is 11.6 Å². The number of nitrogens with two attached hydrogens (primary N) is 1. The van der Waals surface area contributed by atoms with Crippen molar-refractivity contribution in [2.75, 3.05) is 6.54 Å². The molecule has 2 aromatic carbocycles. The van der Waals surface area contributed by atoms with Crippen molar-refractivity contribution >= 4 is 17.7 Å². The summed E-state index contributed by atoms with van der Waals surface area (Å²) in [6.07, 6.45) is -3.70. The lowest BCUT2D eigenvalue weighted by Gasteiger charge is -2.10. The van der Waals surface area contributed by atoms with E-state index in [0.717, 1.165) is 30.5 Å². The van der Waals surface area contributed by atoms with Crippen LogP contribution in [0.1, 0.15) is 24.5 Å². The van der Waals surface area contributed by atoms with Crippen LogP contribution in [0, 0.1) is 0 Å². The van der Waals surface area contributed by atoms with Gasteiger partial charge in [-0.1, -0.05) is 23.7 Å². The van der Waals surface area contributed by atoms with Gasteiger partial charge in [0.2, 0.25) is 0 Å². The number of nitrogens with one attached hydrogen (secondary N) is 1. The fraction of sp³-hybridized carbons (Fsp3) is 0.316. The lowest BCUT2D eigenvalue weighted by Crippen LogP contribution is -2.26. The number of amides is 1. The number of alkyl halides is 4. The van der Waals surface area contributed by atoms with Crippen LogP contribution < -0.4 is 15.8 Å². The second-order valence-corrected chi connectivity index (χ2v) is 6.38. The van der Waals surface area contributed by atoms with E-state index in [1.165, 1.54) is 19.1 Å². The molecule has 9 heteroatoms. The Morgan fingerprint density at radius 2 is 1.86 bits per heavy atom. The molecular weight excluding hydrogens is 397 g/mol. The van der Waals surface area contributed by atoms with Gasteiger partial charge in [0.05, 0.1) is 5.56 Å². The molecule has 0 bridgehead atoms. The Labute approximate surface area is 166 Å². The number of hydrogen-bond donors (Lipinski definition) is 3. The topological polar surface area (TPSA) is 84.6 Å². The molecule has 1 atom stereocenters. The summed E-state index contributed by atoms with van der Waals surface area (Å²) in [5.74, 6) is 0.975. The molecule has 0 saturated heterocycles. The highest BCUT2D eigenvalue weighted by Gasteiger charge is 2.30. The van der Waals surface area contributed by atoms with E-state index in [1.807, 2.05) is 23.5 Å². The number of hydrogen-bond acceptors (Lipinski definition) is 3. The van der Waals surface area contributed by atoms with Gasteiger partial charge in [-0.3, -0.25) is 0 Å². The molecule has 154 valence electrons. The minimum absolute atomic E-state index is 0.374. The standard InChI is InChI=1S/C16H16F3NO.C3H6ClNO2/c17-16(18,19)13-6-8-14(9-7-13)21-15-5-1-3-12(11-15)4-2-10-20;1-2(4)5-3(6)7/h1,3,5-9,11H,2,4,10,20H2;2,5H,1H3,(H,6,7). The highest BCUT2D eigenvalue weighted by molar-refractivity contribution is 6.20. The largest absolute Gasteiger partial charge is 0.465 e. The molecular formula is C19H22ClF3N2O3. The van der Waals surface area contributed by atoms with Crippen LogP contribution in [-0.4, -0.2) is 23.2 Å². The van der Waals surface area contributed by atoms with Gasteiger partial charge < -0.3 is 20.9 Å². The Kier molecular flexibility index (Phi) is 9.61. The molecule has 0 fully saturated rings. The van der Waals surface area contributed by atoms with Crippen molar-refractivity contribution in [3.8, 4) is 11.5 Å². The molecule has 4 N–H and O–H groups in total. The predicted molar refractivity (Wildman–Crippen MR) is 102 cm³/mol. The van der Waals surface area contributed by atoms with E-state index in [-0.39, 0.29) is 0 Å². The van der Waals surface area contributed by atoms with Crippen molar-refractivity contribution < 1.29 is 27.8 Å². The van der Waals surface area contributed by atoms with Crippen molar-refractivity contribution in [3.63, 3.8) is 0 Å². The summed E-state index contributed by atoms with van der Waals surface area (Å²) in [5, 5.41) is 9.88. The predicted octanol–water partition coefficient (Wildman–Crippen LogP) is 5.23. The van der Waals surface area contributed by atoms with Crippen LogP contribution in [0.5, 0.6) is 11.5 Å². The third-order valence-corrected chi connectivity index (χ3v) is 3.42. The van der Waals surface area contributed by atoms with E-state index in [1.54, 1.807) is 6.07 Å². The quantitative estimate of drug-likeness (QED) is 0.443. The van der Waals surface area contributed by atoms with E-state index in [2.05, 4.69) is 0 Å². The van der Waals surface area contributed by atoms with Crippen LogP contribution in [0.2, 0.25) is 0 Å². The molecule has 1 unspecified atom stereocenters. The fourth-order valence-corrected chi connectivity index (χ4v) is 2.18. The minimum atomic E-state index is -4.33. The first-order chi connectivity index (χ1) is 13.1. The Morgan fingerprint density at radius 3 is 2.32 bits per heavy atom. The summed E-state index contributed by atoms with van der Waals surface area (Å²) in [5.41, 5.74) is 5.36. The van der Waals surface area contributed by atoms with Gasteiger partial charge in [-0.2, -0.15) is 13.2 Å². The first-order valence-electron chi connectivity index (χ1n) is 8.39. The minimum Gasteiger partial charge on any atom is -0.465 e. The lowest BCUT2D eigenvalue weighted by atomic mass is 10.1. The van der Waals surface area contributed by atoms with Gasteiger partial charge in [-0.15, -0.1) is 0 Å². The van der Waals surface area contributed by atoms with Gasteiger partial charge in [-0.25, -0.2) is 4.79 Å². The van der Waals surface area contributed by atoms with Crippen molar-refractivity contribution in [1.82, 2.24) is 5.32 Å². The summed E-state index contributed by atoms with van der Waals surface area (Å²) in [6.45, 7) is 2.15. The zero-order valence-electron chi connectivity index (χ0n) is 15.2. The molecule has 0 aliphatic carbocycles. The summed E-state index contributed by atoms with van der Waals surface area (Å²) in [6, 6.07) is 12.1. The average Bonchev–Trinajstić information content (AvgIpc) is 2.59. The molecule has 1 amide bonds. The average molecular weight is 419 g/mol. The molecule has 0 aliphatic heterocycles. The van der Waals surface area contributed by atoms with Crippen molar-refractivity contribution in [3.05, 3.63) is 59.7 Å². The first kappa shape index (κ1) is 23.6. The van der Waals surface area contributed by atoms with Crippen molar-refractivity contribution in [1.29, 1.82) is 0 Å². The fourth-order valence-electron chi connectivity index (χ4n) is 2.09. The van der Waals surface area contributed by atoms with Crippen molar-refractivity contribution in [2.24, 2.45) is 5.73 Å². The number of benzene rings is 2. The number of rotatable bonds is 6. The zero-order valence-corrected chi connectivity index (χ0v) is 15.9. The van der Waals surface area contributed by atoms with Crippen LogP contribution in [0.25, 0.3) is 0 Å². The third kappa shape index (κ3) is 9.48. The number of carbonyl (C=O) groups is 1. The SMILES string of the molecule is CC(Cl)NC(=O)O.NCCCc1cccc(Oc2ccc(C(F)(F)F)cc2)c1. The van der Waals surface area contributed by atoms with Gasteiger partial charge >= 0.3 is 12.3 Å². The molecule has 0 heterocycles. The highest BCUT2D eigenvalue weighted by atomic mass is 35.5.